The minimum Gasteiger partial charge on any atom is -0.496 e. The molecule has 0 N–H and O–H groups in total. The molecule has 2 nitrogen and oxygen atoms in total. The van der Waals surface area contributed by atoms with Gasteiger partial charge < -0.3 is 4.74 Å². The van der Waals surface area contributed by atoms with Gasteiger partial charge in [-0.25, -0.2) is 0 Å². The maximum atomic E-state index is 11.8. The van der Waals surface area contributed by atoms with E-state index in [0.717, 1.165) is 12.0 Å². The molecule has 0 aliphatic heterocycles. The molecule has 0 amide bonds. The summed E-state index contributed by atoms with van der Waals surface area (Å²) >= 11 is 0. The lowest BCUT2D eigenvalue weighted by Gasteiger charge is -2.06. The van der Waals surface area contributed by atoms with E-state index in [2.05, 4.69) is 0 Å². The third-order valence-corrected chi connectivity index (χ3v) is 2.13. The van der Waals surface area contributed by atoms with Crippen LogP contribution in [0.4, 0.5) is 0 Å². The van der Waals surface area contributed by atoms with E-state index in [-0.39, 0.29) is 5.78 Å². The molecule has 0 spiro atoms. The lowest BCUT2D eigenvalue weighted by molar-refractivity contribution is 0.104. The normalized spacial score (nSPS) is 10.6. The first-order chi connectivity index (χ1) is 7.19. The Kier molecular flexibility index (Phi) is 4.10. The van der Waals surface area contributed by atoms with E-state index in [4.69, 9.17) is 4.74 Å². The molecule has 1 rings (SSSR count). The molecule has 0 radical (unpaired) electrons. The molecule has 0 aliphatic rings. The van der Waals surface area contributed by atoms with Gasteiger partial charge in [0.2, 0.25) is 0 Å². The molecule has 0 fully saturated rings. The monoisotopic (exact) mass is 204 g/mol. The Morgan fingerprint density at radius 2 is 2.20 bits per heavy atom. The van der Waals surface area contributed by atoms with Crippen LogP contribution in [0, 0.1) is 6.92 Å². The number of hydrogen-bond donors (Lipinski definition) is 0. The van der Waals surface area contributed by atoms with Crippen molar-refractivity contribution in [2.24, 2.45) is 0 Å². The molecule has 0 saturated heterocycles. The predicted octanol–water partition coefficient (Wildman–Crippen LogP) is 3.15. The number of ketones is 1. The van der Waals surface area contributed by atoms with Gasteiger partial charge in [-0.3, -0.25) is 4.79 Å². The number of carbonyl (C=O) groups is 1. The summed E-state index contributed by atoms with van der Waals surface area (Å²) < 4.78 is 5.15. The highest BCUT2D eigenvalue weighted by Gasteiger charge is 2.08. The largest absolute Gasteiger partial charge is 0.496 e. The Morgan fingerprint density at radius 1 is 1.47 bits per heavy atom. The summed E-state index contributed by atoms with van der Waals surface area (Å²) in [6.45, 7) is 3.96. The number of hydrogen-bond acceptors (Lipinski definition) is 2. The number of methoxy groups -OCH3 is 1. The number of ether oxygens (including phenoxy) is 1. The Hall–Kier alpha value is -1.57. The second-order valence-corrected chi connectivity index (χ2v) is 3.38. The quantitative estimate of drug-likeness (QED) is 0.556. The zero-order valence-electron chi connectivity index (χ0n) is 9.41. The van der Waals surface area contributed by atoms with Crippen molar-refractivity contribution in [3.8, 4) is 5.75 Å². The van der Waals surface area contributed by atoms with Crippen molar-refractivity contribution >= 4 is 5.78 Å². The minimum atomic E-state index is -0.00241. The fraction of sp³-hybridized carbons (Fsp3) is 0.308. The molecule has 2 heteroatoms. The van der Waals surface area contributed by atoms with E-state index in [1.54, 1.807) is 13.2 Å². The molecular formula is C13H16O2. The van der Waals surface area contributed by atoms with Crippen LogP contribution in [0.1, 0.15) is 29.3 Å². The van der Waals surface area contributed by atoms with E-state index in [1.807, 2.05) is 38.1 Å². The van der Waals surface area contributed by atoms with Crippen molar-refractivity contribution in [3.05, 3.63) is 41.5 Å². The number of rotatable bonds is 4. The molecule has 80 valence electrons. The van der Waals surface area contributed by atoms with Crippen molar-refractivity contribution in [3.63, 3.8) is 0 Å². The van der Waals surface area contributed by atoms with Gasteiger partial charge in [-0.05, 0) is 31.6 Å². The summed E-state index contributed by atoms with van der Waals surface area (Å²) in [5.74, 6) is 0.628. The summed E-state index contributed by atoms with van der Waals surface area (Å²) in [5, 5.41) is 0. The van der Waals surface area contributed by atoms with Gasteiger partial charge >= 0.3 is 0 Å². The second kappa shape index (κ2) is 5.35. The predicted molar refractivity (Wildman–Crippen MR) is 61.5 cm³/mol. The molecule has 1 aromatic rings. The number of carbonyl (C=O) groups excluding carboxylic acids is 1. The lowest BCUT2D eigenvalue weighted by atomic mass is 10.1. The Bertz CT molecular complexity index is 378. The molecule has 0 unspecified atom stereocenters. The molecular weight excluding hydrogens is 188 g/mol. The van der Waals surface area contributed by atoms with Crippen LogP contribution in [0.15, 0.2) is 30.4 Å². The fourth-order valence-corrected chi connectivity index (χ4v) is 1.33. The van der Waals surface area contributed by atoms with Crippen molar-refractivity contribution in [1.29, 1.82) is 0 Å². The lowest BCUT2D eigenvalue weighted by Crippen LogP contribution is -1.99. The summed E-state index contributed by atoms with van der Waals surface area (Å²) in [6, 6.07) is 5.60. The zero-order valence-corrected chi connectivity index (χ0v) is 9.41. The van der Waals surface area contributed by atoms with Crippen LogP contribution in [0.5, 0.6) is 5.75 Å². The van der Waals surface area contributed by atoms with Gasteiger partial charge in [0, 0.05) is 0 Å². The van der Waals surface area contributed by atoms with Gasteiger partial charge in [0.15, 0.2) is 5.78 Å². The van der Waals surface area contributed by atoms with E-state index < -0.39 is 0 Å². The molecule has 0 bridgehead atoms. The van der Waals surface area contributed by atoms with Crippen LogP contribution in [0.3, 0.4) is 0 Å². The van der Waals surface area contributed by atoms with Gasteiger partial charge in [-0.1, -0.05) is 24.6 Å². The molecule has 0 heterocycles. The highest BCUT2D eigenvalue weighted by Crippen LogP contribution is 2.20. The highest BCUT2D eigenvalue weighted by atomic mass is 16.5. The molecule has 0 aromatic heterocycles. The maximum absolute atomic E-state index is 11.8. The number of allylic oxidation sites excluding steroid dienone is 2. The fourth-order valence-electron chi connectivity index (χ4n) is 1.33. The van der Waals surface area contributed by atoms with E-state index in [9.17, 15) is 4.79 Å². The molecule has 0 atom stereocenters. The summed E-state index contributed by atoms with van der Waals surface area (Å²) in [7, 11) is 1.57. The highest BCUT2D eigenvalue weighted by molar-refractivity contribution is 6.06. The molecule has 0 aliphatic carbocycles. The van der Waals surface area contributed by atoms with Gasteiger partial charge in [0.05, 0.1) is 12.7 Å². The molecule has 0 saturated carbocycles. The average Bonchev–Trinajstić information content (AvgIpc) is 2.25. The SMILES string of the molecule is CC/C=C/C(=O)c1cc(C)ccc1OC. The van der Waals surface area contributed by atoms with Crippen LogP contribution >= 0.6 is 0 Å². The van der Waals surface area contributed by atoms with Crippen molar-refractivity contribution in [2.45, 2.75) is 20.3 Å². The minimum absolute atomic E-state index is 0.00241. The standard InChI is InChI=1S/C13H16O2/c1-4-5-6-12(14)11-9-10(2)7-8-13(11)15-3/h5-9H,4H2,1-3H3/b6-5+. The van der Waals surface area contributed by atoms with Crippen molar-refractivity contribution in [1.82, 2.24) is 0 Å². The topological polar surface area (TPSA) is 26.3 Å². The van der Waals surface area contributed by atoms with Crippen LogP contribution in [-0.4, -0.2) is 12.9 Å². The van der Waals surface area contributed by atoms with Crippen LogP contribution in [-0.2, 0) is 0 Å². The summed E-state index contributed by atoms with van der Waals surface area (Å²) in [5.41, 5.74) is 1.69. The number of benzene rings is 1. The molecule has 1 aromatic carbocycles. The van der Waals surface area contributed by atoms with Gasteiger partial charge in [0.1, 0.15) is 5.75 Å². The molecule has 15 heavy (non-hydrogen) atoms. The Labute approximate surface area is 90.6 Å². The van der Waals surface area contributed by atoms with E-state index in [0.29, 0.717) is 11.3 Å². The average molecular weight is 204 g/mol. The van der Waals surface area contributed by atoms with E-state index >= 15 is 0 Å². The third-order valence-electron chi connectivity index (χ3n) is 2.13. The Morgan fingerprint density at radius 3 is 2.80 bits per heavy atom. The van der Waals surface area contributed by atoms with Gasteiger partial charge in [0.25, 0.3) is 0 Å². The summed E-state index contributed by atoms with van der Waals surface area (Å²) in [4.78, 5) is 11.8. The Balaban J connectivity index is 3.05. The van der Waals surface area contributed by atoms with Gasteiger partial charge in [-0.2, -0.15) is 0 Å². The first-order valence-corrected chi connectivity index (χ1v) is 5.04. The first kappa shape index (κ1) is 11.5. The second-order valence-electron chi connectivity index (χ2n) is 3.38. The smallest absolute Gasteiger partial charge is 0.189 e. The number of aryl methyl sites for hydroxylation is 1. The third kappa shape index (κ3) is 2.94. The van der Waals surface area contributed by atoms with E-state index in [1.165, 1.54) is 0 Å². The van der Waals surface area contributed by atoms with Crippen LogP contribution in [0.2, 0.25) is 0 Å². The van der Waals surface area contributed by atoms with Crippen LogP contribution in [0.25, 0.3) is 0 Å². The van der Waals surface area contributed by atoms with Crippen LogP contribution < -0.4 is 4.74 Å². The maximum Gasteiger partial charge on any atom is 0.189 e. The summed E-state index contributed by atoms with van der Waals surface area (Å²) in [6.07, 6.45) is 4.31. The first-order valence-electron chi connectivity index (χ1n) is 5.04. The van der Waals surface area contributed by atoms with Crippen molar-refractivity contribution < 1.29 is 9.53 Å². The van der Waals surface area contributed by atoms with Crippen molar-refractivity contribution in [2.75, 3.05) is 7.11 Å². The van der Waals surface area contributed by atoms with Gasteiger partial charge in [-0.15, -0.1) is 0 Å². The zero-order chi connectivity index (χ0) is 11.3.